The second kappa shape index (κ2) is 5.00. The zero-order valence-electron chi connectivity index (χ0n) is 14.7. The van der Waals surface area contributed by atoms with Gasteiger partial charge in [-0.3, -0.25) is 5.21 Å². The lowest BCUT2D eigenvalue weighted by Gasteiger charge is -2.26. The standard InChI is InChI=1S/C16H26N2O5/c1-15(2,3)22-14(19)17-7-9-10(8-17)11(9)12-13(21-6)16(4,5)23-18(12)20/h9-11,13H,7-8H2,1-6H3/t9-,10+,11?,13?. The average molecular weight is 326 g/mol. The first kappa shape index (κ1) is 16.4. The second-order valence-electron chi connectivity index (χ2n) is 8.23. The van der Waals surface area contributed by atoms with Crippen LogP contribution in [0.25, 0.3) is 0 Å². The van der Waals surface area contributed by atoms with E-state index in [1.165, 1.54) is 0 Å². The van der Waals surface area contributed by atoms with E-state index < -0.39 is 11.2 Å². The fraction of sp³-hybridized carbons (Fsp3) is 0.875. The van der Waals surface area contributed by atoms with Crippen molar-refractivity contribution in [1.82, 2.24) is 4.90 Å². The van der Waals surface area contributed by atoms with Crippen molar-refractivity contribution in [2.75, 3.05) is 20.2 Å². The topological polar surface area (TPSA) is 74.1 Å². The maximum Gasteiger partial charge on any atom is 0.410 e. The van der Waals surface area contributed by atoms with Crippen molar-refractivity contribution >= 4 is 11.8 Å². The average Bonchev–Trinajstić information content (AvgIpc) is 2.77. The van der Waals surface area contributed by atoms with Crippen LogP contribution >= 0.6 is 0 Å². The first-order chi connectivity index (χ1) is 10.5. The van der Waals surface area contributed by atoms with Gasteiger partial charge in [0.25, 0.3) is 5.71 Å². The number of hydrogen-bond acceptors (Lipinski definition) is 5. The molecule has 130 valence electrons. The monoisotopic (exact) mass is 326 g/mol. The molecule has 0 N–H and O–H groups in total. The summed E-state index contributed by atoms with van der Waals surface area (Å²) in [7, 11) is 1.60. The van der Waals surface area contributed by atoms with Crippen LogP contribution in [0.4, 0.5) is 4.79 Å². The Morgan fingerprint density at radius 3 is 2.39 bits per heavy atom. The summed E-state index contributed by atoms with van der Waals surface area (Å²) in [6.45, 7) is 10.5. The first-order valence-corrected chi connectivity index (χ1v) is 8.09. The highest BCUT2D eigenvalue weighted by Crippen LogP contribution is 2.54. The third-order valence-electron chi connectivity index (χ3n) is 4.85. The Balaban J connectivity index is 1.64. The van der Waals surface area contributed by atoms with Crippen LogP contribution < -0.4 is 0 Å². The number of amides is 1. The van der Waals surface area contributed by atoms with Crippen LogP contribution in [0.15, 0.2) is 0 Å². The third-order valence-corrected chi connectivity index (χ3v) is 4.85. The van der Waals surface area contributed by atoms with Crippen molar-refractivity contribution < 1.29 is 24.0 Å². The van der Waals surface area contributed by atoms with Gasteiger partial charge in [-0.15, -0.1) is 0 Å². The molecule has 0 bridgehead atoms. The minimum Gasteiger partial charge on any atom is -0.444 e. The maximum atomic E-state index is 12.1. The lowest BCUT2D eigenvalue weighted by atomic mass is 9.94. The molecule has 3 rings (SSSR count). The normalized spacial score (nSPS) is 35.1. The number of methoxy groups -OCH3 is 1. The van der Waals surface area contributed by atoms with Crippen molar-refractivity contribution in [3.63, 3.8) is 0 Å². The van der Waals surface area contributed by atoms with Crippen LogP contribution in [0.3, 0.4) is 0 Å². The molecule has 7 heteroatoms. The Labute approximate surface area is 136 Å². The fourth-order valence-corrected chi connectivity index (χ4v) is 3.91. The van der Waals surface area contributed by atoms with Crippen molar-refractivity contribution in [1.29, 1.82) is 0 Å². The molecule has 0 radical (unpaired) electrons. The van der Waals surface area contributed by atoms with Crippen molar-refractivity contribution in [3.05, 3.63) is 5.21 Å². The van der Waals surface area contributed by atoms with Crippen LogP contribution in [-0.4, -0.2) is 59.1 Å². The molecular weight excluding hydrogens is 300 g/mol. The van der Waals surface area contributed by atoms with Gasteiger partial charge in [0.2, 0.25) is 0 Å². The molecule has 0 aromatic rings. The van der Waals surface area contributed by atoms with Gasteiger partial charge in [-0.25, -0.2) is 4.79 Å². The summed E-state index contributed by atoms with van der Waals surface area (Å²) < 4.78 is 10.9. The van der Waals surface area contributed by atoms with Gasteiger partial charge in [0.05, 0.1) is 5.92 Å². The highest BCUT2D eigenvalue weighted by Gasteiger charge is 2.66. The highest BCUT2D eigenvalue weighted by atomic mass is 16.9. The molecule has 0 aromatic carbocycles. The van der Waals surface area contributed by atoms with Crippen LogP contribution in [0, 0.1) is 23.0 Å². The van der Waals surface area contributed by atoms with E-state index in [0.29, 0.717) is 35.5 Å². The van der Waals surface area contributed by atoms with E-state index in [1.54, 1.807) is 12.0 Å². The molecule has 1 saturated heterocycles. The second-order valence-corrected chi connectivity index (χ2v) is 8.23. The first-order valence-electron chi connectivity index (χ1n) is 8.09. The molecule has 3 aliphatic rings. The van der Waals surface area contributed by atoms with Crippen LogP contribution in [0.1, 0.15) is 34.6 Å². The predicted octanol–water partition coefficient (Wildman–Crippen LogP) is 1.79. The molecule has 2 heterocycles. The number of ether oxygens (including phenoxy) is 2. The Morgan fingerprint density at radius 1 is 1.35 bits per heavy atom. The van der Waals surface area contributed by atoms with Crippen molar-refractivity contribution in [3.8, 4) is 0 Å². The number of rotatable bonds is 2. The molecule has 1 saturated carbocycles. The van der Waals surface area contributed by atoms with E-state index >= 15 is 0 Å². The number of fused-ring (bicyclic) bond motifs is 1. The molecule has 2 aliphatic heterocycles. The molecule has 23 heavy (non-hydrogen) atoms. The Bertz CT molecular complexity index is 539. The van der Waals surface area contributed by atoms with E-state index in [4.69, 9.17) is 14.3 Å². The van der Waals surface area contributed by atoms with Gasteiger partial charge in [0.1, 0.15) is 11.2 Å². The lowest BCUT2D eigenvalue weighted by molar-refractivity contribution is -0.751. The largest absolute Gasteiger partial charge is 0.444 e. The molecule has 0 aromatic heterocycles. The summed E-state index contributed by atoms with van der Waals surface area (Å²) in [4.78, 5) is 19.9. The number of carbonyl (C=O) groups is 1. The maximum absolute atomic E-state index is 12.1. The third kappa shape index (κ3) is 2.75. The quantitative estimate of drug-likeness (QED) is 0.723. The molecule has 0 spiro atoms. The summed E-state index contributed by atoms with van der Waals surface area (Å²) in [5.74, 6) is 0.728. The minimum atomic E-state index is -0.659. The van der Waals surface area contributed by atoms with E-state index in [0.717, 1.165) is 0 Å². The Kier molecular flexibility index (Phi) is 3.55. The van der Waals surface area contributed by atoms with Gasteiger partial charge in [-0.1, -0.05) is 0 Å². The summed E-state index contributed by atoms with van der Waals surface area (Å²) >= 11 is 0. The summed E-state index contributed by atoms with van der Waals surface area (Å²) in [6.07, 6.45) is -0.621. The zero-order valence-corrected chi connectivity index (χ0v) is 14.7. The SMILES string of the molecule is COC1C(C2[C@H]3CN(C(=O)OC(C)(C)C)C[C@@H]23)=[N+]([O-])OC1(C)C. The number of piperidine rings is 1. The summed E-state index contributed by atoms with van der Waals surface area (Å²) in [5.41, 5.74) is -0.488. The molecule has 2 unspecified atom stereocenters. The van der Waals surface area contributed by atoms with Gasteiger partial charge in [-0.05, 0) is 46.5 Å². The predicted molar refractivity (Wildman–Crippen MR) is 82.9 cm³/mol. The molecule has 2 fully saturated rings. The molecule has 1 aliphatic carbocycles. The van der Waals surface area contributed by atoms with Crippen molar-refractivity contribution in [2.24, 2.45) is 17.8 Å². The fourth-order valence-electron chi connectivity index (χ4n) is 3.91. The van der Waals surface area contributed by atoms with Crippen LogP contribution in [-0.2, 0) is 14.3 Å². The number of carbonyl (C=O) groups excluding carboxylic acids is 1. The number of nitrogens with zero attached hydrogens (tertiary/aromatic N) is 2. The molecule has 4 atom stereocenters. The van der Waals surface area contributed by atoms with E-state index in [2.05, 4.69) is 0 Å². The van der Waals surface area contributed by atoms with E-state index in [1.807, 2.05) is 34.6 Å². The Hall–Kier alpha value is -1.50. The van der Waals surface area contributed by atoms with Gasteiger partial charge in [0, 0.05) is 25.1 Å². The Morgan fingerprint density at radius 2 is 1.91 bits per heavy atom. The summed E-state index contributed by atoms with van der Waals surface area (Å²) in [5, 5.41) is 12.1. The molecular formula is C16H26N2O5. The van der Waals surface area contributed by atoms with E-state index in [-0.39, 0.29) is 18.1 Å². The van der Waals surface area contributed by atoms with Gasteiger partial charge < -0.3 is 19.2 Å². The molecule has 1 amide bonds. The lowest BCUT2D eigenvalue weighted by Crippen LogP contribution is -2.42. The van der Waals surface area contributed by atoms with Crippen molar-refractivity contribution in [2.45, 2.75) is 51.9 Å². The molecule has 7 nitrogen and oxygen atoms in total. The smallest absolute Gasteiger partial charge is 0.410 e. The highest BCUT2D eigenvalue weighted by molar-refractivity contribution is 5.91. The number of hydrogen-bond donors (Lipinski definition) is 0. The van der Waals surface area contributed by atoms with Crippen LogP contribution in [0.2, 0.25) is 0 Å². The van der Waals surface area contributed by atoms with Crippen LogP contribution in [0.5, 0.6) is 0 Å². The number of likely N-dealkylation sites (tertiary alicyclic amines) is 1. The summed E-state index contributed by atoms with van der Waals surface area (Å²) in [6, 6.07) is 0. The zero-order chi connectivity index (χ0) is 17.2. The van der Waals surface area contributed by atoms with Gasteiger partial charge in [-0.2, -0.15) is 0 Å². The minimum absolute atomic E-state index is 0.137. The van der Waals surface area contributed by atoms with Gasteiger partial charge in [0.15, 0.2) is 6.10 Å². The van der Waals surface area contributed by atoms with Gasteiger partial charge >= 0.3 is 6.09 Å². The van der Waals surface area contributed by atoms with E-state index in [9.17, 15) is 10.0 Å².